The maximum Gasteiger partial charge on any atom is 0.271 e. The molecule has 2 amide bonds. The fourth-order valence-corrected chi connectivity index (χ4v) is 2.71. The molecule has 1 aromatic carbocycles. The molecule has 0 radical (unpaired) electrons. The van der Waals surface area contributed by atoms with Crippen molar-refractivity contribution >= 4 is 23.2 Å². The van der Waals surface area contributed by atoms with Crippen molar-refractivity contribution in [3.8, 4) is 0 Å². The van der Waals surface area contributed by atoms with Gasteiger partial charge in [-0.3, -0.25) is 14.4 Å². The van der Waals surface area contributed by atoms with E-state index in [4.69, 9.17) is 0 Å². The van der Waals surface area contributed by atoms with E-state index in [1.165, 1.54) is 18.2 Å². The van der Waals surface area contributed by atoms with Gasteiger partial charge in [0, 0.05) is 17.8 Å². The summed E-state index contributed by atoms with van der Waals surface area (Å²) in [4.78, 5) is 39.0. The number of carbonyl (C=O) groups excluding carboxylic acids is 2. The number of anilines is 2. The van der Waals surface area contributed by atoms with Crippen LogP contribution in [0, 0.1) is 19.7 Å². The van der Waals surface area contributed by atoms with Gasteiger partial charge in [0.2, 0.25) is 11.8 Å². The van der Waals surface area contributed by atoms with Crippen molar-refractivity contribution in [3.63, 3.8) is 0 Å². The van der Waals surface area contributed by atoms with Crippen molar-refractivity contribution in [2.24, 2.45) is 0 Å². The van der Waals surface area contributed by atoms with E-state index >= 15 is 0 Å². The first-order chi connectivity index (χ1) is 11.3. The number of fused-ring (bicyclic) bond motifs is 1. The minimum atomic E-state index is -0.856. The summed E-state index contributed by atoms with van der Waals surface area (Å²) >= 11 is 0. The predicted octanol–water partition coefficient (Wildman–Crippen LogP) is 2.20. The second kappa shape index (κ2) is 5.92. The zero-order valence-corrected chi connectivity index (χ0v) is 13.2. The Morgan fingerprint density at radius 2 is 2.00 bits per heavy atom. The Hall–Kier alpha value is -2.96. The maximum atomic E-state index is 13.5. The topological polar surface area (TPSA) is 91.1 Å². The lowest BCUT2D eigenvalue weighted by atomic mass is 9.89. The third-order valence-corrected chi connectivity index (χ3v) is 4.13. The molecule has 2 heterocycles. The second-order valence-corrected chi connectivity index (χ2v) is 5.85. The maximum absolute atomic E-state index is 13.5. The summed E-state index contributed by atoms with van der Waals surface area (Å²) in [6.45, 7) is 3.56. The Morgan fingerprint density at radius 3 is 2.75 bits per heavy atom. The van der Waals surface area contributed by atoms with Crippen LogP contribution in [0.25, 0.3) is 0 Å². The molecule has 1 aromatic heterocycles. The third-order valence-electron chi connectivity index (χ3n) is 4.13. The van der Waals surface area contributed by atoms with E-state index < -0.39 is 23.2 Å². The molecule has 2 aromatic rings. The first-order valence-corrected chi connectivity index (χ1v) is 7.46. The third kappa shape index (κ3) is 2.92. The summed E-state index contributed by atoms with van der Waals surface area (Å²) in [7, 11) is 0. The number of aromatic amines is 1. The number of halogens is 1. The van der Waals surface area contributed by atoms with Gasteiger partial charge < -0.3 is 15.6 Å². The molecule has 1 aliphatic rings. The van der Waals surface area contributed by atoms with Gasteiger partial charge in [0.05, 0.1) is 5.92 Å². The fourth-order valence-electron chi connectivity index (χ4n) is 2.71. The van der Waals surface area contributed by atoms with Crippen molar-refractivity contribution < 1.29 is 14.0 Å². The van der Waals surface area contributed by atoms with E-state index in [9.17, 15) is 18.8 Å². The van der Waals surface area contributed by atoms with Crippen LogP contribution < -0.4 is 16.2 Å². The zero-order valence-electron chi connectivity index (χ0n) is 13.2. The Balaban J connectivity index is 1.94. The van der Waals surface area contributed by atoms with E-state index in [0.29, 0.717) is 16.9 Å². The summed E-state index contributed by atoms with van der Waals surface area (Å²) in [5.74, 6) is -2.20. The fraction of sp³-hybridized carbons (Fsp3) is 0.235. The molecule has 3 rings (SSSR count). The molecule has 6 nitrogen and oxygen atoms in total. The average Bonchev–Trinajstić information content (AvgIpc) is 2.52. The molecule has 124 valence electrons. The highest BCUT2D eigenvalue weighted by Gasteiger charge is 2.31. The zero-order chi connectivity index (χ0) is 17.4. The number of nitrogens with one attached hydrogen (secondary N) is 3. The molecule has 1 atom stereocenters. The number of amides is 2. The van der Waals surface area contributed by atoms with E-state index in [1.807, 2.05) is 0 Å². The molecule has 0 fully saturated rings. The van der Waals surface area contributed by atoms with Crippen molar-refractivity contribution in [2.75, 3.05) is 10.6 Å². The van der Waals surface area contributed by atoms with Gasteiger partial charge in [-0.1, -0.05) is 0 Å². The standard InChI is InChI=1S/C17H16FN3O3/c1-8-5-14(17(24)19-9(8)2)21-16(23)12-7-15(22)20-13-4-3-10(18)6-11(12)13/h3-6,12H,7H2,1-2H3,(H,19,24)(H,20,22)(H,21,23). The number of rotatable bonds is 2. The summed E-state index contributed by atoms with van der Waals surface area (Å²) in [5.41, 5.74) is 2.01. The van der Waals surface area contributed by atoms with Crippen LogP contribution >= 0.6 is 0 Å². The van der Waals surface area contributed by atoms with Crippen LogP contribution in [-0.4, -0.2) is 16.8 Å². The lowest BCUT2D eigenvalue weighted by Crippen LogP contribution is -2.32. The number of carbonyl (C=O) groups is 2. The van der Waals surface area contributed by atoms with Gasteiger partial charge in [-0.05, 0) is 49.2 Å². The molecule has 0 saturated carbocycles. The van der Waals surface area contributed by atoms with Crippen molar-refractivity contribution in [1.82, 2.24) is 4.98 Å². The lowest BCUT2D eigenvalue weighted by molar-refractivity contribution is -0.123. The van der Waals surface area contributed by atoms with Gasteiger partial charge >= 0.3 is 0 Å². The highest BCUT2D eigenvalue weighted by Crippen LogP contribution is 2.33. The number of aromatic nitrogens is 1. The largest absolute Gasteiger partial charge is 0.326 e. The number of H-pyrrole nitrogens is 1. The Kier molecular flexibility index (Phi) is 3.92. The molecular formula is C17H16FN3O3. The van der Waals surface area contributed by atoms with Gasteiger partial charge in [0.1, 0.15) is 11.5 Å². The Morgan fingerprint density at radius 1 is 1.25 bits per heavy atom. The minimum absolute atomic E-state index is 0.104. The van der Waals surface area contributed by atoms with Crippen LogP contribution in [0.15, 0.2) is 29.1 Å². The average molecular weight is 329 g/mol. The highest BCUT2D eigenvalue weighted by molar-refractivity contribution is 6.05. The molecule has 0 saturated heterocycles. The second-order valence-electron chi connectivity index (χ2n) is 5.85. The number of pyridine rings is 1. The summed E-state index contributed by atoms with van der Waals surface area (Å²) in [6, 6.07) is 5.43. The lowest BCUT2D eigenvalue weighted by Gasteiger charge is -2.24. The van der Waals surface area contributed by atoms with E-state index in [2.05, 4.69) is 15.6 Å². The Labute approximate surface area is 137 Å². The van der Waals surface area contributed by atoms with Gasteiger partial charge in [-0.2, -0.15) is 0 Å². The first kappa shape index (κ1) is 15.9. The van der Waals surface area contributed by atoms with Crippen molar-refractivity contribution in [2.45, 2.75) is 26.2 Å². The number of aryl methyl sites for hydroxylation is 2. The van der Waals surface area contributed by atoms with Gasteiger partial charge in [-0.15, -0.1) is 0 Å². The van der Waals surface area contributed by atoms with E-state index in [1.54, 1.807) is 19.9 Å². The van der Waals surface area contributed by atoms with Crippen LogP contribution in [0.3, 0.4) is 0 Å². The van der Waals surface area contributed by atoms with Crippen LogP contribution in [0.1, 0.15) is 29.2 Å². The molecule has 24 heavy (non-hydrogen) atoms. The minimum Gasteiger partial charge on any atom is -0.326 e. The van der Waals surface area contributed by atoms with E-state index in [0.717, 1.165) is 5.56 Å². The van der Waals surface area contributed by atoms with Crippen molar-refractivity contribution in [1.29, 1.82) is 0 Å². The monoisotopic (exact) mass is 329 g/mol. The molecule has 0 aliphatic carbocycles. The molecule has 1 unspecified atom stereocenters. The number of hydrogen-bond acceptors (Lipinski definition) is 3. The molecule has 3 N–H and O–H groups in total. The summed E-state index contributed by atoms with van der Waals surface area (Å²) in [5, 5.41) is 5.15. The van der Waals surface area contributed by atoms with Gasteiger partial charge in [0.25, 0.3) is 5.56 Å². The van der Waals surface area contributed by atoms with Gasteiger partial charge in [-0.25, -0.2) is 4.39 Å². The smallest absolute Gasteiger partial charge is 0.271 e. The molecule has 0 bridgehead atoms. The van der Waals surface area contributed by atoms with Crippen LogP contribution in [-0.2, 0) is 9.59 Å². The number of hydrogen-bond donors (Lipinski definition) is 3. The normalized spacial score (nSPS) is 16.3. The van der Waals surface area contributed by atoms with Gasteiger partial charge in [0.15, 0.2) is 0 Å². The number of benzene rings is 1. The molecule has 7 heteroatoms. The van der Waals surface area contributed by atoms with Crippen molar-refractivity contribution in [3.05, 3.63) is 57.3 Å². The van der Waals surface area contributed by atoms with Crippen LogP contribution in [0.5, 0.6) is 0 Å². The molecule has 0 spiro atoms. The quantitative estimate of drug-likeness (QED) is 0.789. The Bertz CT molecular complexity index is 904. The highest BCUT2D eigenvalue weighted by atomic mass is 19.1. The first-order valence-electron chi connectivity index (χ1n) is 7.46. The molecule has 1 aliphatic heterocycles. The van der Waals surface area contributed by atoms with E-state index in [-0.39, 0.29) is 18.0 Å². The van der Waals surface area contributed by atoms with Crippen LogP contribution in [0.4, 0.5) is 15.8 Å². The van der Waals surface area contributed by atoms with Crippen LogP contribution in [0.2, 0.25) is 0 Å². The summed E-state index contributed by atoms with van der Waals surface area (Å²) < 4.78 is 13.5. The molecular weight excluding hydrogens is 313 g/mol. The predicted molar refractivity (Wildman–Crippen MR) is 87.6 cm³/mol. The SMILES string of the molecule is Cc1cc(NC(=O)C2CC(=O)Nc3ccc(F)cc32)c(=O)[nH]c1C. The summed E-state index contributed by atoms with van der Waals surface area (Å²) in [6.07, 6.45) is -0.106.